The zero-order valence-electron chi connectivity index (χ0n) is 20.7. The molecule has 0 unspecified atom stereocenters. The van der Waals surface area contributed by atoms with E-state index in [1.54, 1.807) is 36.7 Å². The summed E-state index contributed by atoms with van der Waals surface area (Å²) in [5.74, 6) is 0. The number of benzene rings is 2. The molecular weight excluding hydrogens is 490 g/mol. The predicted molar refractivity (Wildman–Crippen MR) is 146 cm³/mol. The zero-order chi connectivity index (χ0) is 26.2. The number of halogens is 1. The number of nitrogens with zero attached hydrogens (tertiary/aromatic N) is 3. The maximum atomic E-state index is 12.8. The number of urea groups is 1. The van der Waals surface area contributed by atoms with Crippen LogP contribution in [0.1, 0.15) is 26.3 Å². The third-order valence-electron chi connectivity index (χ3n) is 5.76. The SMILES string of the molecule is CC(C)(C)OC(=O)n1cc(Cn2ccc3c(NC(=O)Nc4ccccc4Cl)cccc32)c2cccnc21. The van der Waals surface area contributed by atoms with Gasteiger partial charge in [-0.25, -0.2) is 19.1 Å². The first-order chi connectivity index (χ1) is 17.7. The molecule has 0 spiro atoms. The number of carbonyl (C=O) groups is 2. The maximum absolute atomic E-state index is 12.8. The maximum Gasteiger partial charge on any atom is 0.420 e. The van der Waals surface area contributed by atoms with Crippen LogP contribution in [0.3, 0.4) is 0 Å². The van der Waals surface area contributed by atoms with Crippen molar-refractivity contribution >= 4 is 57.0 Å². The highest BCUT2D eigenvalue weighted by atomic mass is 35.5. The van der Waals surface area contributed by atoms with E-state index in [1.807, 2.05) is 63.4 Å². The number of rotatable bonds is 4. The van der Waals surface area contributed by atoms with Crippen LogP contribution in [0.2, 0.25) is 5.02 Å². The van der Waals surface area contributed by atoms with Gasteiger partial charge < -0.3 is 19.9 Å². The fraction of sp³-hybridized carbons (Fsp3) is 0.179. The molecule has 0 atom stereocenters. The molecule has 0 bridgehead atoms. The number of carbonyl (C=O) groups excluding carboxylic acids is 2. The molecule has 3 aromatic heterocycles. The van der Waals surface area contributed by atoms with Crippen molar-refractivity contribution in [3.05, 3.63) is 89.8 Å². The Morgan fingerprint density at radius 1 is 0.946 bits per heavy atom. The van der Waals surface area contributed by atoms with E-state index in [2.05, 4.69) is 20.2 Å². The number of aromatic nitrogens is 3. The van der Waals surface area contributed by atoms with Crippen molar-refractivity contribution in [1.82, 2.24) is 14.1 Å². The number of hydrogen-bond donors (Lipinski definition) is 2. The van der Waals surface area contributed by atoms with Crippen molar-refractivity contribution in [2.45, 2.75) is 32.9 Å². The number of amides is 2. The third-order valence-corrected chi connectivity index (χ3v) is 6.09. The quantitative estimate of drug-likeness (QED) is 0.266. The number of anilines is 2. The second-order valence-electron chi connectivity index (χ2n) is 9.62. The average Bonchev–Trinajstić information content (AvgIpc) is 3.42. The molecule has 3 heterocycles. The van der Waals surface area contributed by atoms with Crippen LogP contribution in [0.15, 0.2) is 79.3 Å². The molecule has 2 aromatic carbocycles. The summed E-state index contributed by atoms with van der Waals surface area (Å²) in [6.07, 6.45) is 4.91. The summed E-state index contributed by atoms with van der Waals surface area (Å²) < 4.78 is 9.09. The summed E-state index contributed by atoms with van der Waals surface area (Å²) in [4.78, 5) is 29.9. The molecule has 188 valence electrons. The van der Waals surface area contributed by atoms with Crippen molar-refractivity contribution in [2.24, 2.45) is 0 Å². The van der Waals surface area contributed by atoms with Gasteiger partial charge in [0.1, 0.15) is 11.2 Å². The molecule has 2 N–H and O–H groups in total. The van der Waals surface area contributed by atoms with Gasteiger partial charge in [0.15, 0.2) is 0 Å². The molecule has 5 rings (SSSR count). The molecule has 0 saturated carbocycles. The highest BCUT2D eigenvalue weighted by Gasteiger charge is 2.22. The van der Waals surface area contributed by atoms with Gasteiger partial charge in [0.05, 0.1) is 21.9 Å². The molecule has 0 aliphatic carbocycles. The summed E-state index contributed by atoms with van der Waals surface area (Å²) in [5.41, 5.74) is 2.96. The van der Waals surface area contributed by atoms with Gasteiger partial charge in [0.2, 0.25) is 0 Å². The van der Waals surface area contributed by atoms with Crippen LogP contribution in [0.5, 0.6) is 0 Å². The van der Waals surface area contributed by atoms with Crippen LogP contribution < -0.4 is 10.6 Å². The van der Waals surface area contributed by atoms with Crippen LogP contribution in [0.4, 0.5) is 21.0 Å². The number of pyridine rings is 1. The minimum atomic E-state index is -0.624. The highest BCUT2D eigenvalue weighted by Crippen LogP contribution is 2.28. The Hall–Kier alpha value is -4.30. The number of ether oxygens (including phenoxy) is 1. The van der Waals surface area contributed by atoms with Crippen LogP contribution in [0, 0.1) is 0 Å². The van der Waals surface area contributed by atoms with Crippen molar-refractivity contribution in [1.29, 1.82) is 0 Å². The molecule has 5 aromatic rings. The molecule has 0 aliphatic heterocycles. The molecule has 9 heteroatoms. The van der Waals surface area contributed by atoms with Crippen LogP contribution in [-0.4, -0.2) is 31.8 Å². The molecule has 37 heavy (non-hydrogen) atoms. The second-order valence-corrected chi connectivity index (χ2v) is 10.0. The van der Waals surface area contributed by atoms with Crippen LogP contribution in [-0.2, 0) is 11.3 Å². The molecule has 0 aliphatic rings. The van der Waals surface area contributed by atoms with Gasteiger partial charge in [-0.3, -0.25) is 0 Å². The van der Waals surface area contributed by atoms with E-state index in [0.717, 1.165) is 21.9 Å². The van der Waals surface area contributed by atoms with Gasteiger partial charge >= 0.3 is 12.1 Å². The molecule has 2 amide bonds. The third kappa shape index (κ3) is 5.15. The van der Waals surface area contributed by atoms with Crippen LogP contribution in [0.25, 0.3) is 21.9 Å². The van der Waals surface area contributed by atoms with Crippen molar-refractivity contribution < 1.29 is 14.3 Å². The molecule has 0 fully saturated rings. The predicted octanol–water partition coefficient (Wildman–Crippen LogP) is 7.12. The van der Waals surface area contributed by atoms with Gasteiger partial charge in [-0.1, -0.05) is 29.8 Å². The average molecular weight is 516 g/mol. The summed E-state index contributed by atoms with van der Waals surface area (Å²) in [7, 11) is 0. The monoisotopic (exact) mass is 515 g/mol. The summed E-state index contributed by atoms with van der Waals surface area (Å²) in [5, 5.41) is 7.89. The standard InChI is InChI=1S/C28H26ClN5O3/c1-28(2,3)37-27(36)34-17-18(19-8-7-14-30-25(19)34)16-33-15-13-20-22(11-6-12-24(20)33)31-26(35)32-23-10-5-4-9-21(23)29/h4-15,17H,16H2,1-3H3,(H2,31,32,35). The van der Waals surface area contributed by atoms with Crippen molar-refractivity contribution in [2.75, 3.05) is 10.6 Å². The molecular formula is C28H26ClN5O3. The first-order valence-electron chi connectivity index (χ1n) is 11.8. The largest absolute Gasteiger partial charge is 0.443 e. The number of fused-ring (bicyclic) bond motifs is 2. The van der Waals surface area contributed by atoms with Gasteiger partial charge in [0.25, 0.3) is 0 Å². The molecule has 0 radical (unpaired) electrons. The van der Waals surface area contributed by atoms with Crippen molar-refractivity contribution in [3.8, 4) is 0 Å². The lowest BCUT2D eigenvalue weighted by Crippen LogP contribution is -2.26. The molecule has 8 nitrogen and oxygen atoms in total. The van der Waals surface area contributed by atoms with E-state index in [4.69, 9.17) is 16.3 Å². The van der Waals surface area contributed by atoms with Gasteiger partial charge in [-0.05, 0) is 68.8 Å². The van der Waals surface area contributed by atoms with Gasteiger partial charge in [-0.15, -0.1) is 0 Å². The lowest BCUT2D eigenvalue weighted by atomic mass is 10.2. The zero-order valence-corrected chi connectivity index (χ0v) is 21.4. The fourth-order valence-corrected chi connectivity index (χ4v) is 4.38. The second kappa shape index (κ2) is 9.63. The van der Waals surface area contributed by atoms with E-state index in [0.29, 0.717) is 28.6 Å². The summed E-state index contributed by atoms with van der Waals surface area (Å²) in [6.45, 7) is 5.99. The Kier molecular flexibility index (Phi) is 6.35. The fourth-order valence-electron chi connectivity index (χ4n) is 4.19. The minimum absolute atomic E-state index is 0.389. The van der Waals surface area contributed by atoms with E-state index in [9.17, 15) is 9.59 Å². The first kappa shape index (κ1) is 24.4. The number of para-hydroxylation sites is 1. The van der Waals surface area contributed by atoms with Gasteiger partial charge in [-0.2, -0.15) is 0 Å². The smallest absolute Gasteiger partial charge is 0.420 e. The first-order valence-corrected chi connectivity index (χ1v) is 12.2. The van der Waals surface area contributed by atoms with E-state index < -0.39 is 11.7 Å². The van der Waals surface area contributed by atoms with Crippen molar-refractivity contribution in [3.63, 3.8) is 0 Å². The Morgan fingerprint density at radius 3 is 2.49 bits per heavy atom. The number of nitrogens with one attached hydrogen (secondary N) is 2. The normalized spacial score (nSPS) is 11.6. The lowest BCUT2D eigenvalue weighted by Gasteiger charge is -2.19. The Bertz CT molecular complexity index is 1630. The molecule has 0 saturated heterocycles. The Balaban J connectivity index is 1.43. The Morgan fingerprint density at radius 2 is 1.70 bits per heavy atom. The minimum Gasteiger partial charge on any atom is -0.443 e. The summed E-state index contributed by atoms with van der Waals surface area (Å²) in [6, 6.07) is 18.1. The number of hydrogen-bond acceptors (Lipinski definition) is 4. The van der Waals surface area contributed by atoms with E-state index >= 15 is 0 Å². The van der Waals surface area contributed by atoms with E-state index in [1.165, 1.54) is 4.57 Å². The topological polar surface area (TPSA) is 90.2 Å². The van der Waals surface area contributed by atoms with E-state index in [-0.39, 0.29) is 6.03 Å². The van der Waals surface area contributed by atoms with Gasteiger partial charge in [0, 0.05) is 35.9 Å². The lowest BCUT2D eigenvalue weighted by molar-refractivity contribution is 0.0543. The Labute approximate surface area is 218 Å². The van der Waals surface area contributed by atoms with Crippen LogP contribution >= 0.6 is 11.6 Å². The summed E-state index contributed by atoms with van der Waals surface area (Å²) >= 11 is 6.16. The highest BCUT2D eigenvalue weighted by molar-refractivity contribution is 6.33.